The molecule has 3 nitrogen and oxygen atoms in total. The number of anilines is 3. The van der Waals surface area contributed by atoms with Crippen molar-refractivity contribution in [2.45, 2.75) is 122 Å². The summed E-state index contributed by atoms with van der Waals surface area (Å²) in [5.41, 5.74) is 48.3. The van der Waals surface area contributed by atoms with Gasteiger partial charge in [-0.05, 0) is 270 Å². The molecule has 112 heavy (non-hydrogen) atoms. The van der Waals surface area contributed by atoms with Crippen LogP contribution in [0.15, 0.2) is 288 Å². The number of nitrogens with zero attached hydrogens (tertiary/aromatic N) is 1. The maximum atomic E-state index is 7.20. The highest BCUT2D eigenvalue weighted by molar-refractivity contribution is 6.21. The lowest BCUT2D eigenvalue weighted by Crippen LogP contribution is -2.18. The van der Waals surface area contributed by atoms with Crippen molar-refractivity contribution < 1.29 is 8.83 Å². The first kappa shape index (κ1) is 65.6. The van der Waals surface area contributed by atoms with Crippen molar-refractivity contribution in [3.63, 3.8) is 0 Å². The molecule has 538 valence electrons. The van der Waals surface area contributed by atoms with Crippen molar-refractivity contribution in [1.82, 2.24) is 0 Å². The van der Waals surface area contributed by atoms with E-state index in [9.17, 15) is 0 Å². The number of para-hydroxylation sites is 3. The summed E-state index contributed by atoms with van der Waals surface area (Å²) < 4.78 is 14.4. The summed E-state index contributed by atoms with van der Waals surface area (Å²) in [6, 6.07) is 107. The van der Waals surface area contributed by atoms with Crippen LogP contribution in [0, 0.1) is 6.92 Å². The van der Waals surface area contributed by atoms with Crippen LogP contribution in [-0.2, 0) is 32.5 Å². The SMILES string of the molecule is Cc1ccccc1N(c1ccc2c(c1)C(C)(C)c1cc(-c3ccc4c(c3)C(C)(C)c3cc(-c5ccc6c(c5)C(C)(C)c5ccccc5-6)ccc3-4)c3oc4ccccc4c3c1-2)c1ccc2c(c1)C(C)(C)c1cc(-c3ccc4c(c3)C(C)(C)c3cc(-c5ccc6c(c5)C(C)(C)c5ccccc5-6)ccc3-4)c3oc4ccccc4c3c1-2. The molecule has 17 aromatic rings. The van der Waals surface area contributed by atoms with Crippen LogP contribution in [0.1, 0.15) is 155 Å². The summed E-state index contributed by atoms with van der Waals surface area (Å²) in [6.45, 7) is 31.2. The first-order chi connectivity index (χ1) is 54.0. The fourth-order valence-electron chi connectivity index (χ4n) is 22.1. The summed E-state index contributed by atoms with van der Waals surface area (Å²) in [7, 11) is 0. The van der Waals surface area contributed by atoms with Gasteiger partial charge in [0.15, 0.2) is 0 Å². The molecule has 6 aliphatic rings. The summed E-state index contributed by atoms with van der Waals surface area (Å²) in [6.07, 6.45) is 0. The van der Waals surface area contributed by atoms with Gasteiger partial charge < -0.3 is 13.7 Å². The molecule has 2 heterocycles. The third-order valence-electron chi connectivity index (χ3n) is 28.2. The number of hydrogen-bond donors (Lipinski definition) is 0. The first-order valence-corrected chi connectivity index (χ1v) is 40.2. The van der Waals surface area contributed by atoms with E-state index in [1.807, 2.05) is 0 Å². The van der Waals surface area contributed by atoms with E-state index in [0.717, 1.165) is 61.3 Å². The molecule has 23 rings (SSSR count). The van der Waals surface area contributed by atoms with Gasteiger partial charge in [-0.2, -0.15) is 0 Å². The molecule has 0 saturated heterocycles. The maximum absolute atomic E-state index is 7.20. The summed E-state index contributed by atoms with van der Waals surface area (Å²) in [5.74, 6) is 0. The summed E-state index contributed by atoms with van der Waals surface area (Å²) in [4.78, 5) is 2.52. The average Bonchev–Trinajstić information content (AvgIpc) is 1.54. The predicted molar refractivity (Wildman–Crippen MR) is 468 cm³/mol. The van der Waals surface area contributed by atoms with Gasteiger partial charge in [0.2, 0.25) is 0 Å². The highest BCUT2D eigenvalue weighted by atomic mass is 16.3. The van der Waals surface area contributed by atoms with Gasteiger partial charge in [-0.3, -0.25) is 0 Å². The van der Waals surface area contributed by atoms with Crippen LogP contribution in [-0.4, -0.2) is 0 Å². The predicted octanol–water partition coefficient (Wildman–Crippen LogP) is 29.8. The van der Waals surface area contributed by atoms with Crippen LogP contribution in [0.4, 0.5) is 17.1 Å². The van der Waals surface area contributed by atoms with E-state index in [0.29, 0.717) is 0 Å². The van der Waals surface area contributed by atoms with Gasteiger partial charge >= 0.3 is 0 Å². The molecule has 0 atom stereocenters. The zero-order valence-corrected chi connectivity index (χ0v) is 65.8. The zero-order chi connectivity index (χ0) is 75.9. The molecule has 0 radical (unpaired) electrons. The van der Waals surface area contributed by atoms with E-state index in [1.54, 1.807) is 0 Å². The fraction of sp³-hybridized carbons (Fsp3) is 0.174. The third-order valence-corrected chi connectivity index (χ3v) is 28.2. The molecule has 0 spiro atoms. The molecule has 6 aliphatic carbocycles. The summed E-state index contributed by atoms with van der Waals surface area (Å²) >= 11 is 0. The Morgan fingerprint density at radius 2 is 0.509 bits per heavy atom. The third kappa shape index (κ3) is 8.56. The van der Waals surface area contributed by atoms with Crippen molar-refractivity contribution in [3.8, 4) is 111 Å². The van der Waals surface area contributed by atoms with Gasteiger partial charge in [0, 0.05) is 82.2 Å². The number of benzene rings is 15. The van der Waals surface area contributed by atoms with Gasteiger partial charge in [0.25, 0.3) is 0 Å². The van der Waals surface area contributed by atoms with Crippen molar-refractivity contribution in [1.29, 1.82) is 0 Å². The number of furan rings is 2. The quantitative estimate of drug-likeness (QED) is 0.159. The minimum absolute atomic E-state index is 0.0718. The lowest BCUT2D eigenvalue weighted by Gasteiger charge is -2.30. The normalized spacial score (nSPS) is 16.2. The van der Waals surface area contributed by atoms with Crippen LogP contribution >= 0.6 is 0 Å². The molecule has 2 aromatic heterocycles. The van der Waals surface area contributed by atoms with Crippen LogP contribution in [0.3, 0.4) is 0 Å². The smallest absolute Gasteiger partial charge is 0.143 e. The van der Waals surface area contributed by atoms with E-state index in [4.69, 9.17) is 8.83 Å². The van der Waals surface area contributed by atoms with Gasteiger partial charge in [-0.25, -0.2) is 0 Å². The molecule has 0 aliphatic heterocycles. The fourth-order valence-corrected chi connectivity index (χ4v) is 22.1. The number of aryl methyl sites for hydroxylation is 1. The molecule has 0 bridgehead atoms. The van der Waals surface area contributed by atoms with Crippen molar-refractivity contribution in [2.24, 2.45) is 0 Å². The Hall–Kier alpha value is -12.3. The molecule has 0 saturated carbocycles. The second-order valence-electron chi connectivity index (χ2n) is 36.3. The molecular formula is C109H85NO2. The molecule has 0 amide bonds. The Bertz CT molecular complexity index is 6740. The second kappa shape index (κ2) is 22.1. The van der Waals surface area contributed by atoms with Crippen LogP contribution in [0.2, 0.25) is 0 Å². The number of fused-ring (bicyclic) bond motifs is 26. The summed E-state index contributed by atoms with van der Waals surface area (Å²) in [5, 5.41) is 4.63. The second-order valence-corrected chi connectivity index (χ2v) is 36.3. The zero-order valence-electron chi connectivity index (χ0n) is 65.8. The molecule has 15 aromatic carbocycles. The van der Waals surface area contributed by atoms with Crippen molar-refractivity contribution in [3.05, 3.63) is 351 Å². The topological polar surface area (TPSA) is 29.5 Å². The highest BCUT2D eigenvalue weighted by Crippen LogP contribution is 2.62. The first-order valence-electron chi connectivity index (χ1n) is 40.2. The van der Waals surface area contributed by atoms with E-state index in [-0.39, 0.29) is 21.7 Å². The standard InChI is InChI=1S/C109H85NO2/c1-60-24-14-21-31-95(60)110(67-40-48-77-91(56-67)108(10,11)93-58-81(102-100(98(77)93)79-27-17-22-32-96(79)111-102)65-38-46-75-73-44-36-63(52-87(73)106(6,7)89(75)54-65)61-34-42-71-69-25-15-19-29-83(69)104(2,3)85(71)50-61)68-41-49-78-92(57-68)109(12,13)94-59-82(103-101(99(78)94)80-28-18-23-33-97(80)112-103)66-39-47-76-74-45-37-64(53-88(74)107(8,9)90(76)55-66)62-35-43-72-70-26-16-20-30-84(70)105(4,5)86(72)51-62/h14-59H,1-13H3. The molecule has 0 fully saturated rings. The Labute approximate surface area is 655 Å². The maximum Gasteiger partial charge on any atom is 0.143 e. The lowest BCUT2D eigenvalue weighted by molar-refractivity contribution is 0.656. The molecular weight excluding hydrogens is 1360 g/mol. The number of rotatable bonds is 7. The van der Waals surface area contributed by atoms with Crippen LogP contribution < -0.4 is 4.90 Å². The van der Waals surface area contributed by atoms with Gasteiger partial charge in [0.05, 0.1) is 0 Å². The van der Waals surface area contributed by atoms with Crippen molar-refractivity contribution in [2.75, 3.05) is 4.90 Å². The highest BCUT2D eigenvalue weighted by Gasteiger charge is 2.45. The van der Waals surface area contributed by atoms with E-state index in [1.165, 1.54) is 183 Å². The van der Waals surface area contributed by atoms with Gasteiger partial charge in [0.1, 0.15) is 22.3 Å². The number of hydrogen-bond acceptors (Lipinski definition) is 3. The molecule has 0 N–H and O–H groups in total. The van der Waals surface area contributed by atoms with E-state index >= 15 is 0 Å². The van der Waals surface area contributed by atoms with E-state index < -0.39 is 10.8 Å². The van der Waals surface area contributed by atoms with Gasteiger partial charge in [-0.1, -0.05) is 271 Å². The van der Waals surface area contributed by atoms with Crippen molar-refractivity contribution >= 4 is 60.9 Å². The molecule has 3 heteroatoms. The lowest BCUT2D eigenvalue weighted by atomic mass is 9.79. The Morgan fingerprint density at radius 3 is 0.893 bits per heavy atom. The Kier molecular flexibility index (Phi) is 12.9. The average molecular weight is 1440 g/mol. The van der Waals surface area contributed by atoms with Crippen LogP contribution in [0.5, 0.6) is 0 Å². The minimum atomic E-state index is -0.396. The van der Waals surface area contributed by atoms with E-state index in [2.05, 4.69) is 374 Å². The minimum Gasteiger partial charge on any atom is -0.455 e. The Balaban J connectivity index is 0.607. The Morgan fingerprint density at radius 1 is 0.223 bits per heavy atom. The largest absolute Gasteiger partial charge is 0.455 e. The van der Waals surface area contributed by atoms with Crippen LogP contribution in [0.25, 0.3) is 155 Å². The molecule has 0 unspecified atom stereocenters. The monoisotopic (exact) mass is 1440 g/mol. The van der Waals surface area contributed by atoms with Gasteiger partial charge in [-0.15, -0.1) is 0 Å².